The van der Waals surface area contributed by atoms with Gasteiger partial charge in [-0.05, 0) is 35.4 Å². The topological polar surface area (TPSA) is 79.7 Å². The number of halogens is 1. The first-order valence-corrected chi connectivity index (χ1v) is 9.57. The molecular weight excluding hydrogens is 399 g/mol. The average molecular weight is 418 g/mol. The van der Waals surface area contributed by atoms with Gasteiger partial charge >= 0.3 is 0 Å². The lowest BCUT2D eigenvalue weighted by molar-refractivity contribution is -0.140. The van der Waals surface area contributed by atoms with E-state index in [1.165, 1.54) is 24.1 Å². The van der Waals surface area contributed by atoms with Gasteiger partial charge in [-0.3, -0.25) is 14.6 Å². The average Bonchev–Trinajstić information content (AvgIpc) is 3.04. The zero-order valence-corrected chi connectivity index (χ0v) is 16.7. The number of pyridine rings is 1. The fourth-order valence-electron chi connectivity index (χ4n) is 3.68. The van der Waals surface area contributed by atoms with Crippen molar-refractivity contribution in [2.75, 3.05) is 7.11 Å². The Bertz CT molecular complexity index is 1160. The summed E-state index contributed by atoms with van der Waals surface area (Å²) >= 11 is 0. The van der Waals surface area contributed by atoms with E-state index in [0.717, 1.165) is 11.6 Å². The number of benzene rings is 2. The van der Waals surface area contributed by atoms with Crippen LogP contribution in [0.5, 0.6) is 5.75 Å². The van der Waals surface area contributed by atoms with Gasteiger partial charge in [-0.15, -0.1) is 0 Å². The minimum absolute atomic E-state index is 0.00758. The third kappa shape index (κ3) is 3.77. The van der Waals surface area contributed by atoms with E-state index in [4.69, 9.17) is 4.74 Å². The molecule has 0 saturated carbocycles. The van der Waals surface area contributed by atoms with Crippen molar-refractivity contribution in [1.82, 2.24) is 9.88 Å². The van der Waals surface area contributed by atoms with Crippen molar-refractivity contribution in [2.24, 2.45) is 0 Å². The molecule has 1 aliphatic heterocycles. The molecule has 1 N–H and O–H groups in total. The van der Waals surface area contributed by atoms with Crippen LogP contribution < -0.4 is 4.74 Å². The number of amides is 1. The summed E-state index contributed by atoms with van der Waals surface area (Å²) in [7, 11) is 1.33. The molecule has 31 heavy (non-hydrogen) atoms. The molecule has 0 aliphatic carbocycles. The molecule has 6 nitrogen and oxygen atoms in total. The van der Waals surface area contributed by atoms with Gasteiger partial charge in [0.25, 0.3) is 11.7 Å². The van der Waals surface area contributed by atoms with Gasteiger partial charge in [0.15, 0.2) is 11.6 Å². The van der Waals surface area contributed by atoms with Crippen molar-refractivity contribution < 1.29 is 23.8 Å². The first-order valence-electron chi connectivity index (χ1n) is 9.57. The normalized spacial score (nSPS) is 17.7. The zero-order valence-electron chi connectivity index (χ0n) is 16.7. The second-order valence-electron chi connectivity index (χ2n) is 7.05. The second-order valence-corrected chi connectivity index (χ2v) is 7.05. The Hall–Kier alpha value is -4.00. The molecule has 1 aliphatic rings. The highest BCUT2D eigenvalue weighted by Gasteiger charge is 2.46. The molecule has 2 aromatic carbocycles. The van der Waals surface area contributed by atoms with Gasteiger partial charge in [-0.1, -0.05) is 36.4 Å². The van der Waals surface area contributed by atoms with E-state index >= 15 is 0 Å². The Morgan fingerprint density at radius 3 is 2.55 bits per heavy atom. The van der Waals surface area contributed by atoms with Gasteiger partial charge in [-0.2, -0.15) is 0 Å². The molecule has 7 heteroatoms. The third-order valence-corrected chi connectivity index (χ3v) is 5.16. The van der Waals surface area contributed by atoms with E-state index in [0.29, 0.717) is 5.56 Å². The summed E-state index contributed by atoms with van der Waals surface area (Å²) in [5.74, 6) is -2.69. The molecule has 3 aromatic rings. The fraction of sp³-hybridized carbons (Fsp3) is 0.125. The van der Waals surface area contributed by atoms with E-state index in [1.807, 2.05) is 6.07 Å². The van der Waals surface area contributed by atoms with Crippen LogP contribution in [0.4, 0.5) is 4.39 Å². The zero-order chi connectivity index (χ0) is 22.0. The van der Waals surface area contributed by atoms with Crippen LogP contribution in [0.25, 0.3) is 5.76 Å². The van der Waals surface area contributed by atoms with Crippen LogP contribution in [0.2, 0.25) is 0 Å². The number of likely N-dealkylation sites (tertiary alicyclic amines) is 1. The van der Waals surface area contributed by atoms with Gasteiger partial charge < -0.3 is 14.7 Å². The standard InChI is InChI=1S/C24H19FN2O4/c1-31-19-10-9-17(12-18(19)25)22(28)20-21(16-7-3-2-4-8-16)27(24(30)23(20)29)14-15-6-5-11-26-13-15/h2-13,21,28H,14H2,1H3/t21-/m0/s1. The predicted molar refractivity (Wildman–Crippen MR) is 111 cm³/mol. The lowest BCUT2D eigenvalue weighted by atomic mass is 9.95. The highest BCUT2D eigenvalue weighted by molar-refractivity contribution is 6.46. The minimum atomic E-state index is -0.827. The number of carbonyl (C=O) groups excluding carboxylic acids is 2. The Morgan fingerprint density at radius 1 is 1.13 bits per heavy atom. The molecule has 1 aromatic heterocycles. The Balaban J connectivity index is 1.85. The number of ketones is 1. The predicted octanol–water partition coefficient (Wildman–Crippen LogP) is 3.85. The smallest absolute Gasteiger partial charge is 0.295 e. The quantitative estimate of drug-likeness (QED) is 0.387. The number of rotatable bonds is 5. The number of hydrogen-bond donors (Lipinski definition) is 1. The number of nitrogens with zero attached hydrogens (tertiary/aromatic N) is 2. The van der Waals surface area contributed by atoms with Gasteiger partial charge in [0, 0.05) is 24.5 Å². The maximum atomic E-state index is 14.2. The van der Waals surface area contributed by atoms with Gasteiger partial charge in [-0.25, -0.2) is 4.39 Å². The summed E-state index contributed by atoms with van der Waals surface area (Å²) in [5, 5.41) is 11.0. The van der Waals surface area contributed by atoms with Crippen LogP contribution in [0.15, 0.2) is 78.6 Å². The number of hydrogen-bond acceptors (Lipinski definition) is 5. The second kappa shape index (κ2) is 8.39. The Kier molecular flexibility index (Phi) is 5.49. The summed E-state index contributed by atoms with van der Waals surface area (Å²) in [4.78, 5) is 31.3. The molecule has 1 atom stereocenters. The highest BCUT2D eigenvalue weighted by atomic mass is 19.1. The van der Waals surface area contributed by atoms with Crippen LogP contribution in [0.1, 0.15) is 22.7 Å². The van der Waals surface area contributed by atoms with Crippen molar-refractivity contribution in [3.05, 3.63) is 101 Å². The summed E-state index contributed by atoms with van der Waals surface area (Å²) < 4.78 is 19.1. The van der Waals surface area contributed by atoms with Crippen molar-refractivity contribution in [2.45, 2.75) is 12.6 Å². The van der Waals surface area contributed by atoms with Gasteiger partial charge in [0.05, 0.1) is 18.7 Å². The first kappa shape index (κ1) is 20.3. The Labute approximate surface area is 178 Å². The number of aliphatic hydroxyl groups excluding tert-OH is 1. The number of carbonyl (C=O) groups is 2. The van der Waals surface area contributed by atoms with E-state index in [-0.39, 0.29) is 23.4 Å². The van der Waals surface area contributed by atoms with Crippen LogP contribution in [0.3, 0.4) is 0 Å². The summed E-state index contributed by atoms with van der Waals surface area (Å²) in [6.45, 7) is 0.131. The molecule has 0 bridgehead atoms. The van der Waals surface area contributed by atoms with Gasteiger partial charge in [0.1, 0.15) is 5.76 Å². The maximum absolute atomic E-state index is 14.2. The molecule has 1 saturated heterocycles. The molecule has 4 rings (SSSR count). The molecule has 0 spiro atoms. The van der Waals surface area contributed by atoms with Crippen LogP contribution >= 0.6 is 0 Å². The molecular formula is C24H19FN2O4. The van der Waals surface area contributed by atoms with Crippen LogP contribution in [-0.4, -0.2) is 33.8 Å². The van der Waals surface area contributed by atoms with E-state index in [2.05, 4.69) is 4.98 Å². The lowest BCUT2D eigenvalue weighted by Gasteiger charge is -2.25. The number of aromatic nitrogens is 1. The third-order valence-electron chi connectivity index (χ3n) is 5.16. The molecule has 0 radical (unpaired) electrons. The number of ether oxygens (including phenoxy) is 1. The van der Waals surface area contributed by atoms with E-state index in [9.17, 15) is 19.1 Å². The largest absolute Gasteiger partial charge is 0.507 e. The number of aliphatic hydroxyl groups is 1. The SMILES string of the molecule is COc1ccc(C(O)=C2C(=O)C(=O)N(Cc3cccnc3)[C@H]2c2ccccc2)cc1F. The molecule has 0 unspecified atom stereocenters. The summed E-state index contributed by atoms with van der Waals surface area (Å²) in [6.07, 6.45) is 3.23. The summed E-state index contributed by atoms with van der Waals surface area (Å²) in [6, 6.07) is 15.5. The molecule has 1 amide bonds. The number of methoxy groups -OCH3 is 1. The minimum Gasteiger partial charge on any atom is -0.507 e. The van der Waals surface area contributed by atoms with Crippen molar-refractivity contribution >= 4 is 17.4 Å². The van der Waals surface area contributed by atoms with Crippen LogP contribution in [0, 0.1) is 5.82 Å². The van der Waals surface area contributed by atoms with E-state index in [1.54, 1.807) is 48.8 Å². The maximum Gasteiger partial charge on any atom is 0.295 e. The van der Waals surface area contributed by atoms with Crippen molar-refractivity contribution in [3.63, 3.8) is 0 Å². The molecule has 2 heterocycles. The van der Waals surface area contributed by atoms with Crippen molar-refractivity contribution in [1.29, 1.82) is 0 Å². The lowest BCUT2D eigenvalue weighted by Crippen LogP contribution is -2.29. The Morgan fingerprint density at radius 2 is 1.90 bits per heavy atom. The van der Waals surface area contributed by atoms with Gasteiger partial charge in [0.2, 0.25) is 0 Å². The first-order chi connectivity index (χ1) is 15.0. The monoisotopic (exact) mass is 418 g/mol. The highest BCUT2D eigenvalue weighted by Crippen LogP contribution is 2.40. The molecule has 1 fully saturated rings. The number of Topliss-reactive ketones (excluding diaryl/α,β-unsaturated/α-hetero) is 1. The fourth-order valence-corrected chi connectivity index (χ4v) is 3.68. The van der Waals surface area contributed by atoms with Crippen molar-refractivity contribution in [3.8, 4) is 5.75 Å². The van der Waals surface area contributed by atoms with Crippen LogP contribution in [-0.2, 0) is 16.1 Å². The summed E-state index contributed by atoms with van der Waals surface area (Å²) in [5.41, 5.74) is 1.38. The molecule has 156 valence electrons. The van der Waals surface area contributed by atoms with E-state index < -0.39 is 29.3 Å².